The molecule has 3 heterocycles. The van der Waals surface area contributed by atoms with Gasteiger partial charge in [-0.2, -0.15) is 5.10 Å². The maximum atomic E-state index is 12.4. The number of nitrogens with one attached hydrogen (secondary N) is 2. The average molecular weight is 334 g/mol. The third kappa shape index (κ3) is 3.07. The second-order valence-electron chi connectivity index (χ2n) is 6.35. The quantitative estimate of drug-likeness (QED) is 0.874. The predicted molar refractivity (Wildman–Crippen MR) is 89.2 cm³/mol. The summed E-state index contributed by atoms with van der Waals surface area (Å²) in [5.41, 5.74) is 0.276. The van der Waals surface area contributed by atoms with Crippen LogP contribution in [0.2, 0.25) is 0 Å². The predicted octanol–water partition coefficient (Wildman–Crippen LogP) is 1.18. The van der Waals surface area contributed by atoms with Gasteiger partial charge in [0.15, 0.2) is 0 Å². The number of carbonyl (C=O) groups is 1. The number of ether oxygens (including phenoxy) is 1. The molecule has 1 fully saturated rings. The average Bonchev–Trinajstić information content (AvgIpc) is 2.84. The number of aromatic amines is 1. The van der Waals surface area contributed by atoms with E-state index in [0.717, 1.165) is 0 Å². The van der Waals surface area contributed by atoms with Crippen LogP contribution in [0.4, 0.5) is 5.88 Å². The van der Waals surface area contributed by atoms with Crippen molar-refractivity contribution in [2.24, 2.45) is 0 Å². The lowest BCUT2D eigenvalue weighted by atomic mass is 10.2. The lowest BCUT2D eigenvalue weighted by molar-refractivity contribution is -0.121. The van der Waals surface area contributed by atoms with Crippen molar-refractivity contribution in [3.8, 4) is 0 Å². The van der Waals surface area contributed by atoms with Crippen LogP contribution >= 0.6 is 0 Å². The monoisotopic (exact) mass is 334 g/mol. The highest BCUT2D eigenvalue weighted by Crippen LogP contribution is 2.28. The van der Waals surface area contributed by atoms with Crippen molar-refractivity contribution in [1.82, 2.24) is 15.1 Å². The Balaban J connectivity index is 1.81. The molecule has 0 spiro atoms. The fourth-order valence-electron chi connectivity index (χ4n) is 3.07. The van der Waals surface area contributed by atoms with E-state index >= 15 is 0 Å². The van der Waals surface area contributed by atoms with Crippen LogP contribution in [0, 0.1) is 13.8 Å². The van der Waals surface area contributed by atoms with E-state index < -0.39 is 0 Å². The fourth-order valence-corrected chi connectivity index (χ4v) is 3.07. The number of aromatic nitrogens is 2. The summed E-state index contributed by atoms with van der Waals surface area (Å²) in [6, 6.07) is 0.164. The molecule has 0 bridgehead atoms. The van der Waals surface area contributed by atoms with Gasteiger partial charge in [0.25, 0.3) is 5.56 Å². The number of anilines is 1. The lowest BCUT2D eigenvalue weighted by Crippen LogP contribution is -2.50. The Morgan fingerprint density at radius 3 is 2.88 bits per heavy atom. The summed E-state index contributed by atoms with van der Waals surface area (Å²) in [4.78, 5) is 26.5. The van der Waals surface area contributed by atoms with E-state index in [-0.39, 0.29) is 36.0 Å². The zero-order valence-corrected chi connectivity index (χ0v) is 14.3. The number of rotatable bonds is 3. The van der Waals surface area contributed by atoms with E-state index in [4.69, 9.17) is 9.15 Å². The number of morpholine rings is 1. The smallest absolute Gasteiger partial charge is 0.277 e. The number of aryl methyl sites for hydroxylation is 2. The molecule has 130 valence electrons. The Morgan fingerprint density at radius 2 is 2.12 bits per heavy atom. The SMILES string of the molecule is Cc1n[nH]c(=O)c2c(NC(=O)CN3C[C@H](C)OC[C@@H]3C)oc(C)c12. The molecule has 2 N–H and O–H groups in total. The van der Waals surface area contributed by atoms with Crippen LogP contribution in [-0.4, -0.2) is 52.8 Å². The Morgan fingerprint density at radius 1 is 1.38 bits per heavy atom. The zero-order chi connectivity index (χ0) is 17.4. The molecule has 8 heteroatoms. The second-order valence-corrected chi connectivity index (χ2v) is 6.35. The van der Waals surface area contributed by atoms with Crippen LogP contribution in [0.15, 0.2) is 9.21 Å². The van der Waals surface area contributed by atoms with E-state index in [2.05, 4.69) is 20.4 Å². The molecule has 2 aromatic heterocycles. The number of carbonyl (C=O) groups excluding carboxylic acids is 1. The van der Waals surface area contributed by atoms with Crippen molar-refractivity contribution >= 4 is 22.6 Å². The van der Waals surface area contributed by atoms with Crippen LogP contribution in [0.1, 0.15) is 25.3 Å². The van der Waals surface area contributed by atoms with Crippen molar-refractivity contribution in [3.05, 3.63) is 21.8 Å². The molecule has 0 unspecified atom stereocenters. The maximum Gasteiger partial charge on any atom is 0.277 e. The summed E-state index contributed by atoms with van der Waals surface area (Å²) in [5.74, 6) is 0.512. The van der Waals surface area contributed by atoms with Crippen LogP contribution < -0.4 is 10.9 Å². The Kier molecular flexibility index (Phi) is 4.42. The molecule has 0 saturated carbocycles. The molecule has 8 nitrogen and oxygen atoms in total. The molecule has 1 amide bonds. The minimum Gasteiger partial charge on any atom is -0.444 e. The van der Waals surface area contributed by atoms with Gasteiger partial charge in [0.05, 0.1) is 30.3 Å². The number of nitrogens with zero attached hydrogens (tertiary/aromatic N) is 2. The molecule has 2 aromatic rings. The number of fused-ring (bicyclic) bond motifs is 1. The molecule has 24 heavy (non-hydrogen) atoms. The van der Waals surface area contributed by atoms with Crippen LogP contribution in [0.5, 0.6) is 0 Å². The van der Waals surface area contributed by atoms with Gasteiger partial charge in [-0.3, -0.25) is 19.8 Å². The minimum absolute atomic E-state index is 0.0947. The standard InChI is InChI=1S/C16H22N4O4/c1-8-7-23-9(2)5-20(8)6-12(21)17-16-14-13(11(4)24-16)10(3)18-19-15(14)22/h8-9H,5-7H2,1-4H3,(H,17,21)(H,19,22)/t8-,9-/m0/s1. The lowest BCUT2D eigenvalue weighted by Gasteiger charge is -2.36. The first kappa shape index (κ1) is 16.7. The maximum absolute atomic E-state index is 12.4. The highest BCUT2D eigenvalue weighted by Gasteiger charge is 2.26. The van der Waals surface area contributed by atoms with E-state index in [9.17, 15) is 9.59 Å². The molecule has 2 atom stereocenters. The van der Waals surface area contributed by atoms with E-state index in [1.165, 1.54) is 0 Å². The van der Waals surface area contributed by atoms with Gasteiger partial charge in [0.1, 0.15) is 11.1 Å². The Hall–Kier alpha value is -2.19. The molecular weight excluding hydrogens is 312 g/mol. The number of furan rings is 1. The van der Waals surface area contributed by atoms with Gasteiger partial charge in [0.2, 0.25) is 11.8 Å². The Labute approximate surface area is 139 Å². The molecule has 1 aliphatic rings. The first-order valence-corrected chi connectivity index (χ1v) is 8.00. The topological polar surface area (TPSA) is 100 Å². The molecule has 1 aliphatic heterocycles. The summed E-state index contributed by atoms with van der Waals surface area (Å²) in [6.45, 7) is 9.04. The summed E-state index contributed by atoms with van der Waals surface area (Å²) in [6.07, 6.45) is 0.0947. The molecular formula is C16H22N4O4. The van der Waals surface area contributed by atoms with Crippen LogP contribution in [0.3, 0.4) is 0 Å². The molecule has 0 radical (unpaired) electrons. The molecule has 0 aliphatic carbocycles. The van der Waals surface area contributed by atoms with Gasteiger partial charge in [0, 0.05) is 12.6 Å². The van der Waals surface area contributed by atoms with Crippen molar-refractivity contribution in [3.63, 3.8) is 0 Å². The van der Waals surface area contributed by atoms with Crippen molar-refractivity contribution in [2.75, 3.05) is 25.0 Å². The van der Waals surface area contributed by atoms with Gasteiger partial charge < -0.3 is 9.15 Å². The van der Waals surface area contributed by atoms with Crippen LogP contribution in [-0.2, 0) is 9.53 Å². The number of H-pyrrole nitrogens is 1. The number of hydrogen-bond acceptors (Lipinski definition) is 6. The minimum atomic E-state index is -0.379. The third-order valence-corrected chi connectivity index (χ3v) is 4.33. The molecule has 3 rings (SSSR count). The number of hydrogen-bond donors (Lipinski definition) is 2. The summed E-state index contributed by atoms with van der Waals surface area (Å²) >= 11 is 0. The van der Waals surface area contributed by atoms with Crippen molar-refractivity contribution in [2.45, 2.75) is 39.8 Å². The second kappa shape index (κ2) is 6.37. The molecule has 0 aromatic carbocycles. The van der Waals surface area contributed by atoms with Gasteiger partial charge in [-0.05, 0) is 27.7 Å². The highest BCUT2D eigenvalue weighted by atomic mass is 16.5. The van der Waals surface area contributed by atoms with Gasteiger partial charge in [-0.25, -0.2) is 5.10 Å². The number of amides is 1. The van der Waals surface area contributed by atoms with E-state index in [0.29, 0.717) is 35.4 Å². The van der Waals surface area contributed by atoms with Crippen molar-refractivity contribution in [1.29, 1.82) is 0 Å². The van der Waals surface area contributed by atoms with E-state index in [1.54, 1.807) is 13.8 Å². The van der Waals surface area contributed by atoms with Gasteiger partial charge >= 0.3 is 0 Å². The van der Waals surface area contributed by atoms with Crippen LogP contribution in [0.25, 0.3) is 10.8 Å². The Bertz CT molecular complexity index is 825. The van der Waals surface area contributed by atoms with Gasteiger partial charge in [-0.1, -0.05) is 0 Å². The summed E-state index contributed by atoms with van der Waals surface area (Å²) in [7, 11) is 0. The summed E-state index contributed by atoms with van der Waals surface area (Å²) in [5, 5.41) is 10.1. The molecule has 1 saturated heterocycles. The highest BCUT2D eigenvalue weighted by molar-refractivity contribution is 6.01. The van der Waals surface area contributed by atoms with Crippen molar-refractivity contribution < 1.29 is 13.9 Å². The zero-order valence-electron chi connectivity index (χ0n) is 14.3. The largest absolute Gasteiger partial charge is 0.444 e. The summed E-state index contributed by atoms with van der Waals surface area (Å²) < 4.78 is 11.2. The first-order chi connectivity index (χ1) is 11.4. The van der Waals surface area contributed by atoms with Gasteiger partial charge in [-0.15, -0.1) is 0 Å². The fraction of sp³-hybridized carbons (Fsp3) is 0.562. The van der Waals surface area contributed by atoms with E-state index in [1.807, 2.05) is 13.8 Å². The first-order valence-electron chi connectivity index (χ1n) is 8.00. The normalized spacial score (nSPS) is 22.0. The third-order valence-electron chi connectivity index (χ3n) is 4.33.